The van der Waals surface area contributed by atoms with E-state index in [4.69, 9.17) is 4.74 Å². The van der Waals surface area contributed by atoms with Gasteiger partial charge in [-0.05, 0) is 70.5 Å². The summed E-state index contributed by atoms with van der Waals surface area (Å²) in [5.74, 6) is 0.857. The Kier molecular flexibility index (Phi) is 6.23. The van der Waals surface area contributed by atoms with Crippen LogP contribution in [-0.4, -0.2) is 20.2 Å². The molecule has 0 radical (unpaired) electrons. The Labute approximate surface area is 120 Å². The zero-order valence-corrected chi connectivity index (χ0v) is 13.5. The number of hydrogen-bond donors (Lipinski definition) is 1. The first-order valence-corrected chi connectivity index (χ1v) is 7.10. The third kappa shape index (κ3) is 4.45. The largest absolute Gasteiger partial charge is 0.492 e. The van der Waals surface area contributed by atoms with Crippen LogP contribution < -0.4 is 10.1 Å². The molecular formula is C13H17Br2NO. The van der Waals surface area contributed by atoms with Gasteiger partial charge in [-0.1, -0.05) is 11.6 Å². The molecule has 94 valence electrons. The minimum Gasteiger partial charge on any atom is -0.492 e. The molecule has 0 atom stereocenters. The highest BCUT2D eigenvalue weighted by Crippen LogP contribution is 2.35. The molecule has 0 saturated heterocycles. The standard InChI is InChI=1S/C13H17Br2NO/c1-4-17-13-11(14)6-10(7-12(13)15)5-9(2)8-16-3/h5-7,16H,4,8H2,1-3H3. The lowest BCUT2D eigenvalue weighted by molar-refractivity contribution is 0.336. The average Bonchev–Trinajstić information content (AvgIpc) is 2.23. The maximum absolute atomic E-state index is 5.55. The molecule has 0 heterocycles. The van der Waals surface area contributed by atoms with Crippen LogP contribution in [0.3, 0.4) is 0 Å². The number of halogens is 2. The molecule has 4 heteroatoms. The molecule has 0 aliphatic rings. The first-order valence-electron chi connectivity index (χ1n) is 5.52. The molecular weight excluding hydrogens is 346 g/mol. The van der Waals surface area contributed by atoms with Crippen molar-refractivity contribution in [1.82, 2.24) is 5.32 Å². The summed E-state index contributed by atoms with van der Waals surface area (Å²) < 4.78 is 7.49. The third-order valence-electron chi connectivity index (χ3n) is 2.18. The first-order chi connectivity index (χ1) is 8.08. The Bertz CT molecular complexity index is 393. The van der Waals surface area contributed by atoms with Crippen molar-refractivity contribution in [3.63, 3.8) is 0 Å². The van der Waals surface area contributed by atoms with Crippen molar-refractivity contribution in [2.24, 2.45) is 0 Å². The minimum atomic E-state index is 0.658. The van der Waals surface area contributed by atoms with E-state index in [1.807, 2.05) is 14.0 Å². The fourth-order valence-electron chi connectivity index (χ4n) is 1.56. The summed E-state index contributed by atoms with van der Waals surface area (Å²) in [6.07, 6.45) is 2.15. The Hall–Kier alpha value is -0.320. The second kappa shape index (κ2) is 7.19. The third-order valence-corrected chi connectivity index (χ3v) is 3.36. The zero-order chi connectivity index (χ0) is 12.8. The lowest BCUT2D eigenvalue weighted by atomic mass is 10.1. The molecule has 1 N–H and O–H groups in total. The number of ether oxygens (including phenoxy) is 1. The van der Waals surface area contributed by atoms with Crippen LogP contribution in [0.15, 0.2) is 26.7 Å². The summed E-state index contributed by atoms with van der Waals surface area (Å²) in [4.78, 5) is 0. The molecule has 0 fully saturated rings. The molecule has 1 aromatic carbocycles. The van der Waals surface area contributed by atoms with Crippen LogP contribution in [0.5, 0.6) is 5.75 Å². The molecule has 1 aromatic rings. The normalized spacial score (nSPS) is 11.7. The molecule has 2 nitrogen and oxygen atoms in total. The molecule has 17 heavy (non-hydrogen) atoms. The van der Waals surface area contributed by atoms with Gasteiger partial charge in [0.05, 0.1) is 15.6 Å². The van der Waals surface area contributed by atoms with Crippen LogP contribution in [0.2, 0.25) is 0 Å². The van der Waals surface area contributed by atoms with E-state index in [0.29, 0.717) is 6.61 Å². The molecule has 0 aliphatic heterocycles. The van der Waals surface area contributed by atoms with Gasteiger partial charge in [-0.25, -0.2) is 0 Å². The SMILES string of the molecule is CCOc1c(Br)cc(C=C(C)CNC)cc1Br. The fourth-order valence-corrected chi connectivity index (χ4v) is 3.01. The highest BCUT2D eigenvalue weighted by Gasteiger charge is 2.07. The van der Waals surface area contributed by atoms with Gasteiger partial charge in [0.1, 0.15) is 5.75 Å². The van der Waals surface area contributed by atoms with Crippen LogP contribution in [0, 0.1) is 0 Å². The predicted molar refractivity (Wildman–Crippen MR) is 80.6 cm³/mol. The molecule has 0 amide bonds. The summed E-state index contributed by atoms with van der Waals surface area (Å²) in [6, 6.07) is 4.13. The molecule has 0 bridgehead atoms. The van der Waals surface area contributed by atoms with Crippen molar-refractivity contribution >= 4 is 37.9 Å². The summed E-state index contributed by atoms with van der Waals surface area (Å²) >= 11 is 7.06. The smallest absolute Gasteiger partial charge is 0.147 e. The van der Waals surface area contributed by atoms with E-state index in [0.717, 1.165) is 26.8 Å². The monoisotopic (exact) mass is 361 g/mol. The van der Waals surface area contributed by atoms with Gasteiger partial charge >= 0.3 is 0 Å². The van der Waals surface area contributed by atoms with Crippen LogP contribution in [0.1, 0.15) is 19.4 Å². The molecule has 0 aliphatic carbocycles. The fraction of sp³-hybridized carbons (Fsp3) is 0.385. The lowest BCUT2D eigenvalue weighted by Gasteiger charge is -2.10. The van der Waals surface area contributed by atoms with Crippen molar-refractivity contribution in [3.05, 3.63) is 32.2 Å². The molecule has 0 saturated carbocycles. The predicted octanol–water partition coefficient (Wildman–Crippen LogP) is 4.23. The van der Waals surface area contributed by atoms with Gasteiger partial charge in [-0.15, -0.1) is 0 Å². The van der Waals surface area contributed by atoms with Crippen LogP contribution >= 0.6 is 31.9 Å². The maximum atomic E-state index is 5.55. The van der Waals surface area contributed by atoms with Crippen LogP contribution in [0.4, 0.5) is 0 Å². The summed E-state index contributed by atoms with van der Waals surface area (Å²) in [7, 11) is 1.95. The topological polar surface area (TPSA) is 21.3 Å². The molecule has 0 spiro atoms. The summed E-state index contributed by atoms with van der Waals surface area (Å²) in [5, 5.41) is 3.13. The number of benzene rings is 1. The number of likely N-dealkylation sites (N-methyl/N-ethyl adjacent to an activating group) is 1. The Balaban J connectivity index is 3.01. The van der Waals surface area contributed by atoms with Gasteiger partial charge in [0.2, 0.25) is 0 Å². The Morgan fingerprint density at radius 2 is 1.94 bits per heavy atom. The quantitative estimate of drug-likeness (QED) is 0.846. The van der Waals surface area contributed by atoms with Gasteiger partial charge in [0, 0.05) is 6.54 Å². The van der Waals surface area contributed by atoms with E-state index in [1.165, 1.54) is 5.57 Å². The molecule has 1 rings (SSSR count). The van der Waals surface area contributed by atoms with E-state index in [9.17, 15) is 0 Å². The summed E-state index contributed by atoms with van der Waals surface area (Å²) in [5.41, 5.74) is 2.44. The van der Waals surface area contributed by atoms with E-state index in [-0.39, 0.29) is 0 Å². The van der Waals surface area contributed by atoms with Gasteiger partial charge < -0.3 is 10.1 Å². The minimum absolute atomic E-state index is 0.658. The van der Waals surface area contributed by atoms with E-state index < -0.39 is 0 Å². The van der Waals surface area contributed by atoms with Crippen molar-refractivity contribution in [3.8, 4) is 5.75 Å². The molecule has 0 unspecified atom stereocenters. The average molecular weight is 363 g/mol. The first kappa shape index (κ1) is 14.7. The van der Waals surface area contributed by atoms with Crippen molar-refractivity contribution in [2.45, 2.75) is 13.8 Å². The van der Waals surface area contributed by atoms with Gasteiger partial charge in [0.15, 0.2) is 0 Å². The van der Waals surface area contributed by atoms with Crippen molar-refractivity contribution in [2.75, 3.05) is 20.2 Å². The van der Waals surface area contributed by atoms with Crippen LogP contribution in [0.25, 0.3) is 6.08 Å². The summed E-state index contributed by atoms with van der Waals surface area (Å²) in [6.45, 7) is 5.63. The van der Waals surface area contributed by atoms with Crippen LogP contribution in [-0.2, 0) is 0 Å². The van der Waals surface area contributed by atoms with Gasteiger partial charge in [0.25, 0.3) is 0 Å². The highest BCUT2D eigenvalue weighted by molar-refractivity contribution is 9.11. The lowest BCUT2D eigenvalue weighted by Crippen LogP contribution is -2.08. The molecule has 0 aromatic heterocycles. The highest BCUT2D eigenvalue weighted by atomic mass is 79.9. The van der Waals surface area contributed by atoms with E-state index in [2.05, 4.69) is 62.3 Å². The van der Waals surface area contributed by atoms with E-state index in [1.54, 1.807) is 0 Å². The number of nitrogens with one attached hydrogen (secondary N) is 1. The number of hydrogen-bond acceptors (Lipinski definition) is 2. The maximum Gasteiger partial charge on any atom is 0.147 e. The second-order valence-electron chi connectivity index (χ2n) is 3.77. The van der Waals surface area contributed by atoms with Crippen molar-refractivity contribution < 1.29 is 4.74 Å². The van der Waals surface area contributed by atoms with Gasteiger partial charge in [-0.2, -0.15) is 0 Å². The van der Waals surface area contributed by atoms with Crippen molar-refractivity contribution in [1.29, 1.82) is 0 Å². The van der Waals surface area contributed by atoms with E-state index >= 15 is 0 Å². The Morgan fingerprint density at radius 1 is 1.35 bits per heavy atom. The number of rotatable bonds is 5. The zero-order valence-electron chi connectivity index (χ0n) is 10.3. The second-order valence-corrected chi connectivity index (χ2v) is 5.48. The Morgan fingerprint density at radius 3 is 2.41 bits per heavy atom. The van der Waals surface area contributed by atoms with Gasteiger partial charge in [-0.3, -0.25) is 0 Å².